The lowest BCUT2D eigenvalue weighted by atomic mass is 10.3. The zero-order chi connectivity index (χ0) is 13.6. The Kier molecular flexibility index (Phi) is 5.24. The van der Waals surface area contributed by atoms with Gasteiger partial charge < -0.3 is 4.74 Å². The lowest BCUT2D eigenvalue weighted by Gasteiger charge is -2.07. The highest BCUT2D eigenvalue weighted by Gasteiger charge is 2.08. The summed E-state index contributed by atoms with van der Waals surface area (Å²) in [5.74, 6) is 0. The van der Waals surface area contributed by atoms with Crippen molar-refractivity contribution in [1.82, 2.24) is 0 Å². The van der Waals surface area contributed by atoms with Gasteiger partial charge in [-0.25, -0.2) is 13.2 Å². The first kappa shape index (κ1) is 14.6. The summed E-state index contributed by atoms with van der Waals surface area (Å²) in [5.41, 5.74) is 0.868. The van der Waals surface area contributed by atoms with Gasteiger partial charge in [0.15, 0.2) is 0 Å². The van der Waals surface area contributed by atoms with E-state index in [1.165, 1.54) is 12.1 Å². The van der Waals surface area contributed by atoms with E-state index >= 15 is 0 Å². The highest BCUT2D eigenvalue weighted by Crippen LogP contribution is 2.15. The number of amides is 1. The molecule has 2 N–H and O–H groups in total. The molecule has 100 valence electrons. The van der Waals surface area contributed by atoms with E-state index in [0.29, 0.717) is 11.4 Å². The van der Waals surface area contributed by atoms with Crippen molar-refractivity contribution in [2.45, 2.75) is 6.92 Å². The first-order chi connectivity index (χ1) is 8.46. The monoisotopic (exact) mass is 292 g/mol. The second-order valence-electron chi connectivity index (χ2n) is 3.25. The van der Waals surface area contributed by atoms with Crippen molar-refractivity contribution in [2.24, 2.45) is 0 Å². The van der Waals surface area contributed by atoms with Crippen molar-refractivity contribution >= 4 is 39.1 Å². The fourth-order valence-corrected chi connectivity index (χ4v) is 1.83. The number of alkyl halides is 1. The van der Waals surface area contributed by atoms with Gasteiger partial charge in [0.05, 0.1) is 6.61 Å². The van der Waals surface area contributed by atoms with Crippen molar-refractivity contribution in [1.29, 1.82) is 0 Å². The summed E-state index contributed by atoms with van der Waals surface area (Å²) in [6.45, 7) is 1.98. The molecule has 0 aliphatic rings. The maximum atomic E-state index is 11.2. The minimum atomic E-state index is -3.51. The van der Waals surface area contributed by atoms with Gasteiger partial charge in [-0.3, -0.25) is 10.0 Å². The van der Waals surface area contributed by atoms with Gasteiger partial charge in [0.2, 0.25) is 10.0 Å². The van der Waals surface area contributed by atoms with E-state index in [-0.39, 0.29) is 6.61 Å². The fraction of sp³-hybridized carbons (Fsp3) is 0.300. The summed E-state index contributed by atoms with van der Waals surface area (Å²) in [7, 11) is -3.51. The number of carbonyl (C=O) groups is 1. The first-order valence-electron chi connectivity index (χ1n) is 5.07. The molecule has 0 spiro atoms. The molecule has 8 heteroatoms. The standard InChI is InChI=1S/C10H13ClN2O4S/c1-2-17-10(14)12-8-3-5-9(6-4-8)13-18(15,16)7-11/h3-6,13H,2,7H2,1H3,(H,12,14). The van der Waals surface area contributed by atoms with Crippen LogP contribution < -0.4 is 10.0 Å². The molecule has 6 nitrogen and oxygen atoms in total. The van der Waals surface area contributed by atoms with Crippen LogP contribution in [0.1, 0.15) is 6.92 Å². The number of benzene rings is 1. The van der Waals surface area contributed by atoms with Crippen LogP contribution >= 0.6 is 11.6 Å². The van der Waals surface area contributed by atoms with Crippen LogP contribution in [0, 0.1) is 0 Å². The van der Waals surface area contributed by atoms with Gasteiger partial charge in [-0.1, -0.05) is 0 Å². The predicted molar refractivity (Wildman–Crippen MR) is 70.3 cm³/mol. The van der Waals surface area contributed by atoms with E-state index in [4.69, 9.17) is 16.3 Å². The van der Waals surface area contributed by atoms with Crippen LogP contribution in [-0.2, 0) is 14.8 Å². The number of hydrogen-bond donors (Lipinski definition) is 2. The maximum Gasteiger partial charge on any atom is 0.411 e. The van der Waals surface area contributed by atoms with Gasteiger partial charge in [0, 0.05) is 11.4 Å². The Balaban J connectivity index is 2.66. The zero-order valence-electron chi connectivity index (χ0n) is 9.64. The smallest absolute Gasteiger partial charge is 0.411 e. The lowest BCUT2D eigenvalue weighted by molar-refractivity contribution is 0.168. The average Bonchev–Trinajstić information content (AvgIpc) is 2.32. The fourth-order valence-electron chi connectivity index (χ4n) is 1.11. The van der Waals surface area contributed by atoms with Crippen molar-refractivity contribution in [3.63, 3.8) is 0 Å². The van der Waals surface area contributed by atoms with E-state index in [1.807, 2.05) is 0 Å². The molecule has 0 fully saturated rings. The van der Waals surface area contributed by atoms with Crippen molar-refractivity contribution in [3.8, 4) is 0 Å². The summed E-state index contributed by atoms with van der Waals surface area (Å²) in [6, 6.07) is 6.10. The number of nitrogens with one attached hydrogen (secondary N) is 2. The highest BCUT2D eigenvalue weighted by molar-refractivity contribution is 7.93. The van der Waals surface area contributed by atoms with E-state index < -0.39 is 21.3 Å². The molecule has 18 heavy (non-hydrogen) atoms. The largest absolute Gasteiger partial charge is 0.450 e. The number of anilines is 2. The van der Waals surface area contributed by atoms with Crippen LogP contribution in [0.25, 0.3) is 0 Å². The summed E-state index contributed by atoms with van der Waals surface area (Å²) in [6.07, 6.45) is -0.563. The van der Waals surface area contributed by atoms with Gasteiger partial charge >= 0.3 is 6.09 Å². The van der Waals surface area contributed by atoms with Crippen molar-refractivity contribution < 1.29 is 17.9 Å². The number of carbonyl (C=O) groups excluding carboxylic acids is 1. The SMILES string of the molecule is CCOC(=O)Nc1ccc(NS(=O)(=O)CCl)cc1. The van der Waals surface area contributed by atoms with Crippen LogP contribution in [0.3, 0.4) is 0 Å². The summed E-state index contributed by atoms with van der Waals surface area (Å²) in [4.78, 5) is 11.1. The van der Waals surface area contributed by atoms with Gasteiger partial charge in [0.1, 0.15) is 5.21 Å². The molecule has 1 amide bonds. The van der Waals surface area contributed by atoms with Crippen LogP contribution in [0.2, 0.25) is 0 Å². The summed E-state index contributed by atoms with van der Waals surface area (Å²) in [5, 5.41) is 1.96. The summed E-state index contributed by atoms with van der Waals surface area (Å²) < 4.78 is 29.3. The molecule has 0 heterocycles. The first-order valence-corrected chi connectivity index (χ1v) is 7.26. The second-order valence-corrected chi connectivity index (χ2v) is 5.56. The molecular weight excluding hydrogens is 280 g/mol. The molecule has 0 bridgehead atoms. The molecule has 0 unspecified atom stereocenters. The quantitative estimate of drug-likeness (QED) is 0.815. The Bertz CT molecular complexity index is 501. The average molecular weight is 293 g/mol. The lowest BCUT2D eigenvalue weighted by Crippen LogP contribution is -2.14. The Labute approximate surface area is 110 Å². The van der Waals surface area contributed by atoms with E-state index in [2.05, 4.69) is 10.0 Å². The summed E-state index contributed by atoms with van der Waals surface area (Å²) >= 11 is 5.25. The molecule has 0 aromatic heterocycles. The maximum absolute atomic E-state index is 11.2. The Morgan fingerprint density at radius 3 is 2.33 bits per heavy atom. The van der Waals surface area contributed by atoms with E-state index in [1.54, 1.807) is 19.1 Å². The Morgan fingerprint density at radius 1 is 1.28 bits per heavy atom. The molecule has 1 aromatic carbocycles. The van der Waals surface area contributed by atoms with Crippen molar-refractivity contribution in [2.75, 3.05) is 21.9 Å². The van der Waals surface area contributed by atoms with Crippen LogP contribution in [0.5, 0.6) is 0 Å². The van der Waals surface area contributed by atoms with E-state index in [0.717, 1.165) is 0 Å². The second kappa shape index (κ2) is 6.46. The number of hydrogen-bond acceptors (Lipinski definition) is 4. The number of sulfonamides is 1. The normalized spacial score (nSPS) is 10.8. The van der Waals surface area contributed by atoms with Crippen LogP contribution in [-0.4, -0.2) is 26.3 Å². The molecular formula is C10H13ClN2O4S. The van der Waals surface area contributed by atoms with Gasteiger partial charge in [-0.2, -0.15) is 0 Å². The Morgan fingerprint density at radius 2 is 1.83 bits per heavy atom. The van der Waals surface area contributed by atoms with E-state index in [9.17, 15) is 13.2 Å². The highest BCUT2D eigenvalue weighted by atomic mass is 35.5. The number of rotatable bonds is 5. The third-order valence-electron chi connectivity index (χ3n) is 1.82. The minimum absolute atomic E-state index is 0.277. The molecule has 0 saturated carbocycles. The number of ether oxygens (including phenoxy) is 1. The predicted octanol–water partition coefficient (Wildman–Crippen LogP) is 2.19. The topological polar surface area (TPSA) is 84.5 Å². The van der Waals surface area contributed by atoms with Crippen molar-refractivity contribution in [3.05, 3.63) is 24.3 Å². The van der Waals surface area contributed by atoms with Gasteiger partial charge in [-0.05, 0) is 31.2 Å². The van der Waals surface area contributed by atoms with Gasteiger partial charge in [-0.15, -0.1) is 11.6 Å². The third-order valence-corrected chi connectivity index (χ3v) is 3.52. The number of halogens is 1. The molecule has 0 radical (unpaired) electrons. The van der Waals surface area contributed by atoms with Gasteiger partial charge in [0.25, 0.3) is 0 Å². The molecule has 0 aliphatic heterocycles. The molecule has 0 saturated heterocycles. The molecule has 0 aliphatic carbocycles. The van der Waals surface area contributed by atoms with Crippen LogP contribution in [0.4, 0.5) is 16.2 Å². The third kappa shape index (κ3) is 4.80. The molecule has 1 aromatic rings. The molecule has 1 rings (SSSR count). The van der Waals surface area contributed by atoms with Crippen LogP contribution in [0.15, 0.2) is 24.3 Å². The Hall–Kier alpha value is -1.47. The zero-order valence-corrected chi connectivity index (χ0v) is 11.2. The molecule has 0 atom stereocenters. The minimum Gasteiger partial charge on any atom is -0.450 e.